The average molecular weight is 594 g/mol. The molecule has 3 fully saturated rings. The zero-order chi connectivity index (χ0) is 28.1. The second-order valence-electron chi connectivity index (χ2n) is 11.2. The molecule has 1 aliphatic carbocycles. The van der Waals surface area contributed by atoms with Crippen molar-refractivity contribution >= 4 is 29.2 Å². The maximum Gasteiger partial charge on any atom is 0.372 e. The molecule has 212 valence electrons. The zero-order valence-corrected chi connectivity index (χ0v) is 23.8. The molecular formula is C31H29Cl2N3O5. The van der Waals surface area contributed by atoms with Crippen LogP contribution in [0, 0.1) is 0 Å². The lowest BCUT2D eigenvalue weighted by Crippen LogP contribution is -2.45. The zero-order valence-electron chi connectivity index (χ0n) is 22.3. The first-order valence-corrected chi connectivity index (χ1v) is 14.8. The SMILES string of the molecule is O=C(O)c1occc1-c1ccc(COC2CC3CCC(C2)N3Cc2c(-c3c(Cl)cccc3Cl)noc2C2CC2)nc1. The number of ether oxygens (including phenoxy) is 1. The number of aromatic carboxylic acids is 1. The minimum absolute atomic E-state index is 0.0874. The number of nitrogens with zero attached hydrogens (tertiary/aromatic N) is 3. The Labute approximate surface area is 247 Å². The van der Waals surface area contributed by atoms with Gasteiger partial charge in [-0.1, -0.05) is 40.5 Å². The van der Waals surface area contributed by atoms with Gasteiger partial charge in [-0.2, -0.15) is 0 Å². The van der Waals surface area contributed by atoms with Gasteiger partial charge in [0.2, 0.25) is 5.76 Å². The number of furan rings is 1. The Morgan fingerprint density at radius 3 is 2.46 bits per heavy atom. The normalized spacial score (nSPS) is 22.3. The predicted molar refractivity (Wildman–Crippen MR) is 153 cm³/mol. The first kappa shape index (κ1) is 26.7. The van der Waals surface area contributed by atoms with Crippen LogP contribution in [-0.4, -0.2) is 44.3 Å². The number of halogens is 2. The van der Waals surface area contributed by atoms with Crippen LogP contribution in [0.25, 0.3) is 22.4 Å². The van der Waals surface area contributed by atoms with E-state index in [2.05, 4.69) is 15.0 Å². The van der Waals surface area contributed by atoms with Crippen molar-refractivity contribution in [3.05, 3.63) is 81.7 Å². The van der Waals surface area contributed by atoms with Crippen molar-refractivity contribution < 1.29 is 23.6 Å². The minimum Gasteiger partial charge on any atom is -0.475 e. The fourth-order valence-electron chi connectivity index (χ4n) is 6.44. The molecule has 1 N–H and O–H groups in total. The third-order valence-corrected chi connectivity index (χ3v) is 9.24. The Balaban J connectivity index is 1.03. The monoisotopic (exact) mass is 593 g/mol. The van der Waals surface area contributed by atoms with Crippen LogP contribution in [0.2, 0.25) is 10.0 Å². The summed E-state index contributed by atoms with van der Waals surface area (Å²) in [4.78, 5) is 18.5. The summed E-state index contributed by atoms with van der Waals surface area (Å²) >= 11 is 13.2. The fraction of sp³-hybridized carbons (Fsp3) is 0.387. The lowest BCUT2D eigenvalue weighted by molar-refractivity contribution is -0.0316. The first-order chi connectivity index (χ1) is 20.0. The summed E-state index contributed by atoms with van der Waals surface area (Å²) in [5.41, 5.74) is 4.65. The molecule has 2 aliphatic heterocycles. The highest BCUT2D eigenvalue weighted by molar-refractivity contribution is 6.39. The third-order valence-electron chi connectivity index (χ3n) is 8.61. The van der Waals surface area contributed by atoms with Gasteiger partial charge < -0.3 is 18.8 Å². The van der Waals surface area contributed by atoms with Crippen LogP contribution in [0.15, 0.2) is 57.8 Å². The summed E-state index contributed by atoms with van der Waals surface area (Å²) in [5.74, 6) is 0.217. The first-order valence-electron chi connectivity index (χ1n) is 14.0. The molecule has 1 aromatic carbocycles. The number of hydrogen-bond acceptors (Lipinski definition) is 7. The summed E-state index contributed by atoms with van der Waals surface area (Å²) in [6.45, 7) is 1.18. The van der Waals surface area contributed by atoms with Gasteiger partial charge in [-0.3, -0.25) is 9.88 Å². The van der Waals surface area contributed by atoms with Crippen LogP contribution in [0.4, 0.5) is 0 Å². The van der Waals surface area contributed by atoms with Gasteiger partial charge in [-0.15, -0.1) is 0 Å². The number of pyridine rings is 1. The van der Waals surface area contributed by atoms with Crippen LogP contribution in [0.5, 0.6) is 0 Å². The molecule has 1 saturated carbocycles. The van der Waals surface area contributed by atoms with E-state index >= 15 is 0 Å². The Kier molecular flexibility index (Phi) is 7.11. The summed E-state index contributed by atoms with van der Waals surface area (Å²) in [6, 6.07) is 11.7. The molecule has 0 radical (unpaired) electrons. The molecule has 7 rings (SSSR count). The van der Waals surface area contributed by atoms with Gasteiger partial charge in [-0.25, -0.2) is 4.79 Å². The van der Waals surface area contributed by atoms with Crippen LogP contribution in [-0.2, 0) is 17.9 Å². The summed E-state index contributed by atoms with van der Waals surface area (Å²) in [7, 11) is 0. The number of carboxylic acids is 1. The van der Waals surface area contributed by atoms with Crippen molar-refractivity contribution in [1.29, 1.82) is 0 Å². The Bertz CT molecular complexity index is 1540. The maximum absolute atomic E-state index is 11.4. The van der Waals surface area contributed by atoms with Crippen molar-refractivity contribution in [3.8, 4) is 22.4 Å². The van der Waals surface area contributed by atoms with Crippen LogP contribution in [0.1, 0.15) is 72.0 Å². The molecule has 8 nitrogen and oxygen atoms in total. The average Bonchev–Trinajstić information content (AvgIpc) is 3.45. The van der Waals surface area contributed by atoms with Gasteiger partial charge >= 0.3 is 5.97 Å². The van der Waals surface area contributed by atoms with Gasteiger partial charge in [0.1, 0.15) is 11.5 Å². The number of rotatable bonds is 9. The van der Waals surface area contributed by atoms with E-state index in [9.17, 15) is 9.90 Å². The van der Waals surface area contributed by atoms with Crippen LogP contribution >= 0.6 is 23.2 Å². The van der Waals surface area contributed by atoms with Crippen LogP contribution in [0.3, 0.4) is 0 Å². The Morgan fingerprint density at radius 2 is 1.80 bits per heavy atom. The molecule has 2 atom stereocenters. The van der Waals surface area contributed by atoms with Gasteiger partial charge in [0, 0.05) is 53.0 Å². The molecule has 2 saturated heterocycles. The van der Waals surface area contributed by atoms with Crippen molar-refractivity contribution in [3.63, 3.8) is 0 Å². The van der Waals surface area contributed by atoms with E-state index in [-0.39, 0.29) is 11.9 Å². The van der Waals surface area contributed by atoms with Gasteiger partial charge in [0.05, 0.1) is 34.7 Å². The molecule has 0 spiro atoms. The van der Waals surface area contributed by atoms with E-state index in [0.29, 0.717) is 45.8 Å². The third kappa shape index (κ3) is 5.18. The standard InChI is InChI=1S/C31H29Cl2N3O5/c32-25-2-1-3-26(33)27(25)28-24(29(41-35-28)17-4-5-17)15-36-20-8-9-21(36)13-22(12-20)40-16-19-7-6-18(14-34-19)23-10-11-39-30(23)31(37)38/h1-3,6-7,10-11,14,17,20-22H,4-5,8-9,12-13,15-16H2,(H,37,38). The summed E-state index contributed by atoms with van der Waals surface area (Å²) in [5, 5.41) is 15.0. The minimum atomic E-state index is -1.10. The molecule has 0 amide bonds. The summed E-state index contributed by atoms with van der Waals surface area (Å²) in [6.07, 6.45) is 9.63. The second kappa shape index (κ2) is 10.9. The van der Waals surface area contributed by atoms with E-state index < -0.39 is 5.97 Å². The molecule has 2 unspecified atom stereocenters. The van der Waals surface area contributed by atoms with Crippen LogP contribution < -0.4 is 0 Å². The van der Waals surface area contributed by atoms with Crippen molar-refractivity contribution in [2.45, 2.75) is 75.8 Å². The largest absolute Gasteiger partial charge is 0.475 e. The lowest BCUT2D eigenvalue weighted by Gasteiger charge is -2.38. The number of hydrogen-bond donors (Lipinski definition) is 1. The van der Waals surface area contributed by atoms with Gasteiger partial charge in [0.15, 0.2) is 0 Å². The van der Waals surface area contributed by atoms with E-state index in [0.717, 1.165) is 73.3 Å². The second-order valence-corrected chi connectivity index (χ2v) is 12.0. The smallest absolute Gasteiger partial charge is 0.372 e. The number of fused-ring (bicyclic) bond motifs is 2. The number of benzene rings is 1. The molecule has 41 heavy (non-hydrogen) atoms. The fourth-order valence-corrected chi connectivity index (χ4v) is 7.01. The number of carbonyl (C=O) groups is 1. The van der Waals surface area contributed by atoms with Gasteiger partial charge in [0.25, 0.3) is 0 Å². The maximum atomic E-state index is 11.4. The molecule has 2 bridgehead atoms. The molecule has 4 aromatic rings. The lowest BCUT2D eigenvalue weighted by atomic mass is 9.97. The predicted octanol–water partition coefficient (Wildman–Crippen LogP) is 7.59. The molecule has 3 aliphatic rings. The highest BCUT2D eigenvalue weighted by Crippen LogP contribution is 2.48. The molecular weight excluding hydrogens is 565 g/mol. The Hall–Kier alpha value is -3.17. The summed E-state index contributed by atoms with van der Waals surface area (Å²) < 4.78 is 17.4. The molecule has 5 heterocycles. The highest BCUT2D eigenvalue weighted by Gasteiger charge is 2.43. The number of carboxylic acid groups (broad SMARTS) is 1. The molecule has 10 heteroatoms. The number of aromatic nitrogens is 2. The molecule has 3 aromatic heterocycles. The van der Waals surface area contributed by atoms with Crippen molar-refractivity contribution in [1.82, 2.24) is 15.0 Å². The Morgan fingerprint density at radius 1 is 1.05 bits per heavy atom. The highest BCUT2D eigenvalue weighted by atomic mass is 35.5. The van der Waals surface area contributed by atoms with Crippen molar-refractivity contribution in [2.75, 3.05) is 0 Å². The topological polar surface area (TPSA) is 102 Å². The van der Waals surface area contributed by atoms with Gasteiger partial charge in [-0.05, 0) is 62.8 Å². The van der Waals surface area contributed by atoms with E-state index in [1.165, 1.54) is 6.26 Å². The number of piperidine rings is 1. The van der Waals surface area contributed by atoms with E-state index in [1.807, 2.05) is 30.3 Å². The quantitative estimate of drug-likeness (QED) is 0.212. The van der Waals surface area contributed by atoms with E-state index in [4.69, 9.17) is 36.9 Å². The van der Waals surface area contributed by atoms with E-state index in [1.54, 1.807) is 12.3 Å². The van der Waals surface area contributed by atoms with Crippen molar-refractivity contribution in [2.24, 2.45) is 0 Å².